The number of Topliss-reactive ketones (excluding diaryl/α,β-unsaturated/α-hetero) is 1. The third kappa shape index (κ3) is 4.79. The van der Waals surface area contributed by atoms with Gasteiger partial charge in [0.15, 0.2) is 0 Å². The smallest absolute Gasteiger partial charge is 0.219 e. The average Bonchev–Trinajstić information content (AvgIpc) is 2.61. The molecule has 0 aromatic heterocycles. The summed E-state index contributed by atoms with van der Waals surface area (Å²) in [6.07, 6.45) is 2.67. The molecular weight excluding hydrogens is 371 g/mol. The highest BCUT2D eigenvalue weighted by Gasteiger charge is 2.33. The highest BCUT2D eigenvalue weighted by atomic mass is 35.5. The summed E-state index contributed by atoms with van der Waals surface area (Å²) in [5, 5.41) is 0.975. The fraction of sp³-hybridized carbons (Fsp3) is 0.600. The van der Waals surface area contributed by atoms with Gasteiger partial charge >= 0.3 is 0 Å². The normalized spacial score (nSPS) is 18.4. The summed E-state index contributed by atoms with van der Waals surface area (Å²) in [5.41, 5.74) is 0.326. The van der Waals surface area contributed by atoms with Gasteiger partial charge in [-0.05, 0) is 57.4 Å². The van der Waals surface area contributed by atoms with E-state index in [1.807, 2.05) is 24.9 Å². The molecule has 144 valence electrons. The van der Waals surface area contributed by atoms with E-state index in [2.05, 4.69) is 4.90 Å². The van der Waals surface area contributed by atoms with Crippen LogP contribution in [-0.2, 0) is 15.0 Å². The van der Waals surface area contributed by atoms with Crippen LogP contribution in [0.1, 0.15) is 45.6 Å². The number of hydrogen-bond acceptors (Lipinski definition) is 3. The zero-order valence-corrected chi connectivity index (χ0v) is 17.5. The van der Waals surface area contributed by atoms with Gasteiger partial charge in [0.1, 0.15) is 5.78 Å². The van der Waals surface area contributed by atoms with Crippen LogP contribution in [0.3, 0.4) is 0 Å². The third-order valence-corrected chi connectivity index (χ3v) is 6.60. The van der Waals surface area contributed by atoms with E-state index in [1.165, 1.54) is 0 Å². The van der Waals surface area contributed by atoms with Gasteiger partial charge in [0.2, 0.25) is 5.91 Å². The minimum absolute atomic E-state index is 0.118. The first kappa shape index (κ1) is 21.2. The molecule has 0 aliphatic carbocycles. The number of rotatable bonds is 6. The standard InChI is InChI=1S/C20H28Cl2N2O2/c1-14(25)20(3,16-5-6-18(21)19(22)13-16)9-12-24-10-7-17(8-11-24)23(4)15(2)26/h5-6,13,17H,7-12H2,1-4H3. The molecule has 1 aromatic carbocycles. The van der Waals surface area contributed by atoms with Crippen LogP contribution < -0.4 is 0 Å². The predicted molar refractivity (Wildman–Crippen MR) is 107 cm³/mol. The van der Waals surface area contributed by atoms with E-state index in [1.54, 1.807) is 26.0 Å². The van der Waals surface area contributed by atoms with E-state index < -0.39 is 5.41 Å². The summed E-state index contributed by atoms with van der Waals surface area (Å²) in [7, 11) is 1.87. The van der Waals surface area contributed by atoms with Gasteiger partial charge in [0.25, 0.3) is 0 Å². The molecule has 1 fully saturated rings. The summed E-state index contributed by atoms with van der Waals surface area (Å²) in [6.45, 7) is 7.95. The number of ketones is 1. The predicted octanol–water partition coefficient (Wildman–Crippen LogP) is 4.17. The molecule has 1 saturated heterocycles. The monoisotopic (exact) mass is 398 g/mol. The Labute approximate surface area is 166 Å². The Kier molecular flexibility index (Phi) is 7.12. The quantitative estimate of drug-likeness (QED) is 0.721. The third-order valence-electron chi connectivity index (χ3n) is 5.86. The molecule has 2 rings (SSSR count). The zero-order chi connectivity index (χ0) is 19.5. The fourth-order valence-corrected chi connectivity index (χ4v) is 3.83. The number of amides is 1. The van der Waals surface area contributed by atoms with Crippen molar-refractivity contribution in [2.75, 3.05) is 26.7 Å². The first-order valence-electron chi connectivity index (χ1n) is 9.07. The van der Waals surface area contributed by atoms with E-state index in [0.29, 0.717) is 16.1 Å². The zero-order valence-electron chi connectivity index (χ0n) is 16.0. The van der Waals surface area contributed by atoms with Gasteiger partial charge in [-0.2, -0.15) is 0 Å². The highest BCUT2D eigenvalue weighted by Crippen LogP contribution is 2.34. The minimum atomic E-state index is -0.582. The van der Waals surface area contributed by atoms with Gasteiger partial charge in [-0.3, -0.25) is 9.59 Å². The summed E-state index contributed by atoms with van der Waals surface area (Å²) < 4.78 is 0. The van der Waals surface area contributed by atoms with E-state index >= 15 is 0 Å². The molecule has 0 saturated carbocycles. The Morgan fingerprint density at radius 3 is 2.31 bits per heavy atom. The topological polar surface area (TPSA) is 40.6 Å². The van der Waals surface area contributed by atoms with Crippen molar-refractivity contribution in [3.8, 4) is 0 Å². The van der Waals surface area contributed by atoms with Gasteiger partial charge in [0, 0.05) is 33.1 Å². The lowest BCUT2D eigenvalue weighted by atomic mass is 9.76. The largest absolute Gasteiger partial charge is 0.343 e. The maximum Gasteiger partial charge on any atom is 0.219 e. The number of carbonyl (C=O) groups is 2. The van der Waals surface area contributed by atoms with Gasteiger partial charge < -0.3 is 9.80 Å². The lowest BCUT2D eigenvalue weighted by molar-refractivity contribution is -0.130. The Hall–Kier alpha value is -1.10. The van der Waals surface area contributed by atoms with Crippen LogP contribution in [0.2, 0.25) is 10.0 Å². The van der Waals surface area contributed by atoms with Crippen molar-refractivity contribution in [3.05, 3.63) is 33.8 Å². The Morgan fingerprint density at radius 2 is 1.81 bits per heavy atom. The SMILES string of the molecule is CC(=O)N(C)C1CCN(CCC(C)(C(C)=O)c2ccc(Cl)c(Cl)c2)CC1. The van der Waals surface area contributed by atoms with E-state index in [4.69, 9.17) is 23.2 Å². The van der Waals surface area contributed by atoms with Crippen LogP contribution in [-0.4, -0.2) is 54.2 Å². The second-order valence-corrected chi connectivity index (χ2v) is 8.28. The van der Waals surface area contributed by atoms with Gasteiger partial charge in [-0.25, -0.2) is 0 Å². The van der Waals surface area contributed by atoms with Crippen molar-refractivity contribution < 1.29 is 9.59 Å². The van der Waals surface area contributed by atoms with Crippen molar-refractivity contribution in [2.24, 2.45) is 0 Å². The summed E-state index contributed by atoms with van der Waals surface area (Å²) >= 11 is 12.2. The Bertz CT molecular complexity index is 672. The van der Waals surface area contributed by atoms with E-state index in [9.17, 15) is 9.59 Å². The first-order chi connectivity index (χ1) is 12.1. The van der Waals surface area contributed by atoms with Crippen molar-refractivity contribution in [1.82, 2.24) is 9.80 Å². The molecule has 1 aliphatic rings. The summed E-state index contributed by atoms with van der Waals surface area (Å²) in [6, 6.07) is 5.77. The number of piperidine rings is 1. The number of likely N-dealkylation sites (tertiary alicyclic amines) is 1. The molecule has 0 spiro atoms. The number of halogens is 2. The average molecular weight is 399 g/mol. The van der Waals surface area contributed by atoms with E-state index in [0.717, 1.165) is 44.5 Å². The van der Waals surface area contributed by atoms with Crippen molar-refractivity contribution in [2.45, 2.75) is 51.5 Å². The molecule has 1 amide bonds. The molecule has 1 heterocycles. The number of nitrogens with zero attached hydrogens (tertiary/aromatic N) is 2. The van der Waals surface area contributed by atoms with Gasteiger partial charge in [0.05, 0.1) is 15.5 Å². The Morgan fingerprint density at radius 1 is 1.19 bits per heavy atom. The molecule has 1 unspecified atom stereocenters. The number of benzene rings is 1. The first-order valence-corrected chi connectivity index (χ1v) is 9.83. The molecule has 26 heavy (non-hydrogen) atoms. The fourth-order valence-electron chi connectivity index (χ4n) is 3.53. The van der Waals surface area contributed by atoms with Gasteiger partial charge in [-0.15, -0.1) is 0 Å². The van der Waals surface area contributed by atoms with E-state index in [-0.39, 0.29) is 11.7 Å². The molecule has 1 aliphatic heterocycles. The van der Waals surface area contributed by atoms with Gasteiger partial charge in [-0.1, -0.05) is 29.3 Å². The second-order valence-electron chi connectivity index (χ2n) is 7.47. The Balaban J connectivity index is 2.00. The van der Waals surface area contributed by atoms with Crippen LogP contribution in [0.5, 0.6) is 0 Å². The molecule has 1 atom stereocenters. The highest BCUT2D eigenvalue weighted by molar-refractivity contribution is 6.42. The molecule has 0 radical (unpaired) electrons. The molecule has 6 heteroatoms. The molecule has 1 aromatic rings. The van der Waals surface area contributed by atoms with Crippen molar-refractivity contribution in [3.63, 3.8) is 0 Å². The number of hydrogen-bond donors (Lipinski definition) is 0. The van der Waals surface area contributed by atoms with Crippen molar-refractivity contribution in [1.29, 1.82) is 0 Å². The van der Waals surface area contributed by atoms with Crippen LogP contribution >= 0.6 is 23.2 Å². The van der Waals surface area contributed by atoms with Crippen LogP contribution in [0, 0.1) is 0 Å². The second kappa shape index (κ2) is 8.73. The lowest BCUT2D eigenvalue weighted by Gasteiger charge is -2.38. The molecule has 4 nitrogen and oxygen atoms in total. The molecule has 0 bridgehead atoms. The minimum Gasteiger partial charge on any atom is -0.343 e. The lowest BCUT2D eigenvalue weighted by Crippen LogP contribution is -2.46. The maximum atomic E-state index is 12.4. The van der Waals surface area contributed by atoms with Crippen LogP contribution in [0.25, 0.3) is 0 Å². The number of carbonyl (C=O) groups excluding carboxylic acids is 2. The summed E-state index contributed by atoms with van der Waals surface area (Å²) in [4.78, 5) is 28.2. The molecule has 0 N–H and O–H groups in total. The van der Waals surface area contributed by atoms with Crippen LogP contribution in [0.15, 0.2) is 18.2 Å². The molecular formula is C20H28Cl2N2O2. The van der Waals surface area contributed by atoms with Crippen molar-refractivity contribution >= 4 is 34.9 Å². The van der Waals surface area contributed by atoms with Crippen LogP contribution in [0.4, 0.5) is 0 Å². The maximum absolute atomic E-state index is 12.4. The summed E-state index contributed by atoms with van der Waals surface area (Å²) in [5.74, 6) is 0.245.